The van der Waals surface area contributed by atoms with Crippen molar-refractivity contribution in [2.24, 2.45) is 5.92 Å². The first-order valence-corrected chi connectivity index (χ1v) is 13.6. The van der Waals surface area contributed by atoms with Crippen LogP contribution in [0.3, 0.4) is 0 Å². The van der Waals surface area contributed by atoms with E-state index in [1.54, 1.807) is 19.2 Å². The van der Waals surface area contributed by atoms with Crippen molar-refractivity contribution in [2.75, 3.05) is 40.3 Å². The van der Waals surface area contributed by atoms with E-state index in [4.69, 9.17) is 16.3 Å². The van der Waals surface area contributed by atoms with Crippen LogP contribution in [0.4, 0.5) is 13.2 Å². The smallest absolute Gasteiger partial charge is 0.419 e. The number of hydrogen-bond donors (Lipinski definition) is 0. The van der Waals surface area contributed by atoms with Crippen LogP contribution in [-0.2, 0) is 11.0 Å². The third-order valence-electron chi connectivity index (χ3n) is 8.08. The van der Waals surface area contributed by atoms with Gasteiger partial charge in [0.1, 0.15) is 5.75 Å². The molecule has 2 aliphatic heterocycles. The molecule has 0 N–H and O–H groups in total. The van der Waals surface area contributed by atoms with E-state index in [0.29, 0.717) is 24.2 Å². The van der Waals surface area contributed by atoms with Crippen molar-refractivity contribution in [3.8, 4) is 5.75 Å². The number of halogens is 4. The van der Waals surface area contributed by atoms with Gasteiger partial charge in [-0.1, -0.05) is 23.7 Å². The first kappa shape index (κ1) is 29.2. The van der Waals surface area contributed by atoms with Crippen molar-refractivity contribution < 1.29 is 27.5 Å². The summed E-state index contributed by atoms with van der Waals surface area (Å²) in [6.07, 6.45) is -3.11. The van der Waals surface area contributed by atoms with Crippen LogP contribution >= 0.6 is 11.6 Å². The summed E-state index contributed by atoms with van der Waals surface area (Å²) >= 11 is 6.10. The Morgan fingerprint density at radius 1 is 1.05 bits per heavy atom. The average Bonchev–Trinajstić information content (AvgIpc) is 3.37. The second kappa shape index (κ2) is 11.8. The zero-order valence-electron chi connectivity index (χ0n) is 22.7. The van der Waals surface area contributed by atoms with E-state index < -0.39 is 23.7 Å². The predicted molar refractivity (Wildman–Crippen MR) is 144 cm³/mol. The van der Waals surface area contributed by atoms with Crippen molar-refractivity contribution in [1.82, 2.24) is 14.7 Å². The number of amides is 2. The van der Waals surface area contributed by atoms with Gasteiger partial charge >= 0.3 is 6.18 Å². The SMILES string of the molecule is COc1ccc(C(=O)N(C)C2CN(C(=O)C3CCN(C(C)C)CC3)C[C@@H]2c2ccc(Cl)cc2)cc1C(F)(F)F. The number of likely N-dealkylation sites (tertiary alicyclic amines) is 2. The van der Waals surface area contributed by atoms with Crippen molar-refractivity contribution in [1.29, 1.82) is 0 Å². The highest BCUT2D eigenvalue weighted by atomic mass is 35.5. The van der Waals surface area contributed by atoms with E-state index in [0.717, 1.165) is 50.7 Å². The molecule has 212 valence electrons. The van der Waals surface area contributed by atoms with Gasteiger partial charge < -0.3 is 19.4 Å². The average molecular weight is 566 g/mol. The largest absolute Gasteiger partial charge is 0.496 e. The van der Waals surface area contributed by atoms with Crippen LogP contribution < -0.4 is 4.74 Å². The molecule has 2 amide bonds. The molecular weight excluding hydrogens is 531 g/mol. The Morgan fingerprint density at radius 2 is 1.69 bits per heavy atom. The van der Waals surface area contributed by atoms with Gasteiger partial charge in [0.15, 0.2) is 0 Å². The molecule has 4 rings (SSSR count). The summed E-state index contributed by atoms with van der Waals surface area (Å²) in [4.78, 5) is 32.7. The molecule has 0 saturated carbocycles. The van der Waals surface area contributed by atoms with Gasteiger partial charge in [0.2, 0.25) is 5.91 Å². The third kappa shape index (κ3) is 6.35. The summed E-state index contributed by atoms with van der Waals surface area (Å²) in [5.41, 5.74) is -0.180. The molecule has 1 unspecified atom stereocenters. The first-order chi connectivity index (χ1) is 18.4. The summed E-state index contributed by atoms with van der Waals surface area (Å²) in [5, 5.41) is 0.570. The fourth-order valence-electron chi connectivity index (χ4n) is 5.73. The molecular formula is C29H35ClF3N3O3. The number of carbonyl (C=O) groups excluding carboxylic acids is 2. The highest BCUT2D eigenvalue weighted by Crippen LogP contribution is 2.38. The minimum absolute atomic E-state index is 0.0736. The van der Waals surface area contributed by atoms with Gasteiger partial charge in [0, 0.05) is 48.6 Å². The molecule has 2 atom stereocenters. The van der Waals surface area contributed by atoms with Crippen molar-refractivity contribution in [3.05, 3.63) is 64.2 Å². The highest BCUT2D eigenvalue weighted by Gasteiger charge is 2.43. The van der Waals surface area contributed by atoms with Crippen LogP contribution in [-0.4, -0.2) is 78.9 Å². The summed E-state index contributed by atoms with van der Waals surface area (Å²) in [7, 11) is 2.74. The quantitative estimate of drug-likeness (QED) is 0.461. The molecule has 10 heteroatoms. The van der Waals surface area contributed by atoms with Gasteiger partial charge in [-0.2, -0.15) is 13.2 Å². The van der Waals surface area contributed by atoms with Crippen LogP contribution in [0.1, 0.15) is 54.1 Å². The van der Waals surface area contributed by atoms with E-state index in [1.165, 1.54) is 11.0 Å². The number of piperidine rings is 1. The lowest BCUT2D eigenvalue weighted by Gasteiger charge is -2.35. The molecule has 2 aromatic rings. The molecule has 2 fully saturated rings. The van der Waals surface area contributed by atoms with Crippen LogP contribution in [0.5, 0.6) is 5.75 Å². The minimum Gasteiger partial charge on any atom is -0.496 e. The second-order valence-corrected chi connectivity index (χ2v) is 11.1. The lowest BCUT2D eigenvalue weighted by molar-refractivity contribution is -0.139. The molecule has 2 saturated heterocycles. The number of methoxy groups -OCH3 is 1. The number of rotatable bonds is 6. The lowest BCUT2D eigenvalue weighted by atomic mass is 9.93. The summed E-state index contributed by atoms with van der Waals surface area (Å²) in [6.45, 7) is 6.76. The number of ether oxygens (including phenoxy) is 1. The Morgan fingerprint density at radius 3 is 2.26 bits per heavy atom. The van der Waals surface area contributed by atoms with E-state index in [2.05, 4.69) is 18.7 Å². The highest BCUT2D eigenvalue weighted by molar-refractivity contribution is 6.30. The summed E-state index contributed by atoms with van der Waals surface area (Å²) < 4.78 is 45.7. The van der Waals surface area contributed by atoms with Crippen LogP contribution in [0.25, 0.3) is 0 Å². The van der Waals surface area contributed by atoms with Crippen LogP contribution in [0, 0.1) is 5.92 Å². The number of hydrogen-bond acceptors (Lipinski definition) is 4. The van der Waals surface area contributed by atoms with E-state index in [1.807, 2.05) is 17.0 Å². The molecule has 2 aromatic carbocycles. The Hall–Kier alpha value is -2.78. The van der Waals surface area contributed by atoms with Gasteiger partial charge in [0.25, 0.3) is 5.91 Å². The predicted octanol–water partition coefficient (Wildman–Crippen LogP) is 5.55. The maximum Gasteiger partial charge on any atom is 0.419 e. The molecule has 0 aliphatic carbocycles. The zero-order chi connectivity index (χ0) is 28.5. The summed E-state index contributed by atoms with van der Waals surface area (Å²) in [6, 6.07) is 10.6. The normalized spacial score (nSPS) is 20.9. The van der Waals surface area contributed by atoms with Crippen LogP contribution in [0.15, 0.2) is 42.5 Å². The van der Waals surface area contributed by atoms with Crippen molar-refractivity contribution in [2.45, 2.75) is 50.9 Å². The van der Waals surface area contributed by atoms with Crippen molar-refractivity contribution in [3.63, 3.8) is 0 Å². The van der Waals surface area contributed by atoms with Crippen molar-refractivity contribution >= 4 is 23.4 Å². The Balaban J connectivity index is 1.58. The molecule has 0 aromatic heterocycles. The molecule has 0 bridgehead atoms. The van der Waals surface area contributed by atoms with Gasteiger partial charge in [-0.15, -0.1) is 0 Å². The molecule has 39 heavy (non-hydrogen) atoms. The zero-order valence-corrected chi connectivity index (χ0v) is 23.4. The van der Waals surface area contributed by atoms with Gasteiger partial charge in [-0.25, -0.2) is 0 Å². The fourth-order valence-corrected chi connectivity index (χ4v) is 5.86. The molecule has 2 heterocycles. The first-order valence-electron chi connectivity index (χ1n) is 13.2. The van der Waals surface area contributed by atoms with Gasteiger partial charge in [-0.05, 0) is 75.7 Å². The number of carbonyl (C=O) groups is 2. The Bertz CT molecular complexity index is 1180. The van der Waals surface area contributed by atoms with Gasteiger partial charge in [-0.3, -0.25) is 9.59 Å². The number of likely N-dealkylation sites (N-methyl/N-ethyl adjacent to an activating group) is 1. The molecule has 0 spiro atoms. The molecule has 2 aliphatic rings. The third-order valence-corrected chi connectivity index (χ3v) is 8.33. The van der Waals surface area contributed by atoms with Crippen LogP contribution in [0.2, 0.25) is 5.02 Å². The molecule has 6 nitrogen and oxygen atoms in total. The number of benzene rings is 2. The fraction of sp³-hybridized carbons (Fsp3) is 0.517. The second-order valence-electron chi connectivity index (χ2n) is 10.7. The van der Waals surface area contributed by atoms with E-state index >= 15 is 0 Å². The Kier molecular flexibility index (Phi) is 8.81. The van der Waals surface area contributed by atoms with E-state index in [-0.39, 0.29) is 29.1 Å². The number of nitrogens with zero attached hydrogens (tertiary/aromatic N) is 3. The number of alkyl halides is 3. The Labute approximate surface area is 232 Å². The summed E-state index contributed by atoms with van der Waals surface area (Å²) in [5.74, 6) is -1.11. The lowest BCUT2D eigenvalue weighted by Crippen LogP contribution is -2.45. The monoisotopic (exact) mass is 565 g/mol. The van der Waals surface area contributed by atoms with Gasteiger partial charge in [0.05, 0.1) is 18.7 Å². The molecule has 0 radical (unpaired) electrons. The van der Waals surface area contributed by atoms with E-state index in [9.17, 15) is 22.8 Å². The minimum atomic E-state index is -4.67. The standard InChI is InChI=1S/C29H35ClF3N3O3/c1-18(2)35-13-11-20(12-14-35)28(38)36-16-23(19-5-8-22(30)9-6-19)25(17-36)34(3)27(37)21-7-10-26(39-4)24(15-21)29(31,32)33/h5-10,15,18,20,23,25H,11-14,16-17H2,1-4H3/t23-,25?/m1/s1. The topological polar surface area (TPSA) is 53.1 Å². The maximum atomic E-state index is 13.6. The maximum absolute atomic E-state index is 13.6.